The second-order valence-corrected chi connectivity index (χ2v) is 6.38. The fraction of sp³-hybridized carbons (Fsp3) is 1.00. The molecule has 0 bridgehead atoms. The quantitative estimate of drug-likeness (QED) is 0.686. The molecule has 19 heavy (non-hydrogen) atoms. The highest BCUT2D eigenvalue weighted by Gasteiger charge is 2.33. The summed E-state index contributed by atoms with van der Waals surface area (Å²) < 4.78 is 5.17. The lowest BCUT2D eigenvalue weighted by Crippen LogP contribution is -2.52. The van der Waals surface area contributed by atoms with Gasteiger partial charge in [0.15, 0.2) is 0 Å². The van der Waals surface area contributed by atoms with Crippen molar-refractivity contribution in [2.24, 2.45) is 11.8 Å². The van der Waals surface area contributed by atoms with Crippen LogP contribution in [0.2, 0.25) is 0 Å². The van der Waals surface area contributed by atoms with Crippen molar-refractivity contribution >= 4 is 0 Å². The summed E-state index contributed by atoms with van der Waals surface area (Å²) in [6.45, 7) is 10.1. The molecule has 0 aromatic rings. The maximum absolute atomic E-state index is 5.17. The van der Waals surface area contributed by atoms with E-state index in [0.29, 0.717) is 12.1 Å². The Kier molecular flexibility index (Phi) is 7.96. The van der Waals surface area contributed by atoms with Crippen molar-refractivity contribution in [1.82, 2.24) is 10.2 Å². The molecule has 0 aromatic heterocycles. The Balaban J connectivity index is 2.54. The van der Waals surface area contributed by atoms with E-state index in [-0.39, 0.29) is 0 Å². The monoisotopic (exact) mass is 270 g/mol. The zero-order valence-electron chi connectivity index (χ0n) is 13.6. The first kappa shape index (κ1) is 16.9. The number of likely N-dealkylation sites (N-methyl/N-ethyl adjacent to an activating group) is 2. The second kappa shape index (κ2) is 8.93. The Morgan fingerprint density at radius 2 is 2.05 bits per heavy atom. The van der Waals surface area contributed by atoms with Gasteiger partial charge >= 0.3 is 0 Å². The Hall–Kier alpha value is -0.120. The SMILES string of the molecule is CCNC1CCC(C(C)C)CC1N(C)CCCOC. The van der Waals surface area contributed by atoms with Gasteiger partial charge in [-0.2, -0.15) is 0 Å². The van der Waals surface area contributed by atoms with E-state index in [4.69, 9.17) is 4.74 Å². The van der Waals surface area contributed by atoms with Gasteiger partial charge in [0.05, 0.1) is 0 Å². The van der Waals surface area contributed by atoms with E-state index in [9.17, 15) is 0 Å². The van der Waals surface area contributed by atoms with Gasteiger partial charge in [-0.3, -0.25) is 0 Å². The van der Waals surface area contributed by atoms with Crippen LogP contribution in [0.1, 0.15) is 46.5 Å². The second-order valence-electron chi connectivity index (χ2n) is 6.38. The smallest absolute Gasteiger partial charge is 0.0474 e. The van der Waals surface area contributed by atoms with Crippen LogP contribution < -0.4 is 5.32 Å². The highest BCUT2D eigenvalue weighted by Crippen LogP contribution is 2.32. The first-order chi connectivity index (χ1) is 9.10. The maximum atomic E-state index is 5.17. The molecule has 1 aliphatic carbocycles. The molecule has 3 heteroatoms. The van der Waals surface area contributed by atoms with Crippen LogP contribution in [-0.4, -0.2) is 50.8 Å². The average Bonchev–Trinajstić information content (AvgIpc) is 2.39. The first-order valence-electron chi connectivity index (χ1n) is 8.02. The van der Waals surface area contributed by atoms with E-state index >= 15 is 0 Å². The Labute approximate surface area is 120 Å². The fourth-order valence-electron chi connectivity index (χ4n) is 3.40. The summed E-state index contributed by atoms with van der Waals surface area (Å²) in [6, 6.07) is 1.37. The summed E-state index contributed by atoms with van der Waals surface area (Å²) in [5.41, 5.74) is 0. The normalized spacial score (nSPS) is 28.3. The summed E-state index contributed by atoms with van der Waals surface area (Å²) >= 11 is 0. The average molecular weight is 270 g/mol. The molecule has 0 heterocycles. The number of hydrogen-bond donors (Lipinski definition) is 1. The standard InChI is InChI=1S/C16H34N2O/c1-6-17-15-9-8-14(13(2)3)12-16(15)18(4)10-7-11-19-5/h13-17H,6-12H2,1-5H3. The van der Waals surface area contributed by atoms with Crippen LogP contribution >= 0.6 is 0 Å². The minimum Gasteiger partial charge on any atom is -0.385 e. The Morgan fingerprint density at radius 3 is 2.63 bits per heavy atom. The minimum atomic E-state index is 0.674. The number of ether oxygens (including phenoxy) is 1. The van der Waals surface area contributed by atoms with Crippen molar-refractivity contribution in [3.63, 3.8) is 0 Å². The summed E-state index contributed by atoms with van der Waals surface area (Å²) in [7, 11) is 4.07. The van der Waals surface area contributed by atoms with E-state index in [2.05, 4.69) is 38.0 Å². The maximum Gasteiger partial charge on any atom is 0.0474 e. The molecule has 0 spiro atoms. The third-order valence-corrected chi connectivity index (χ3v) is 4.69. The van der Waals surface area contributed by atoms with E-state index in [1.807, 2.05) is 0 Å². The molecule has 0 saturated heterocycles. The third kappa shape index (κ3) is 5.41. The van der Waals surface area contributed by atoms with Crippen molar-refractivity contribution in [1.29, 1.82) is 0 Å². The van der Waals surface area contributed by atoms with Gasteiger partial charge in [-0.1, -0.05) is 20.8 Å². The number of nitrogens with one attached hydrogen (secondary N) is 1. The molecule has 0 aliphatic heterocycles. The zero-order chi connectivity index (χ0) is 14.3. The molecule has 0 aromatic carbocycles. The molecular weight excluding hydrogens is 236 g/mol. The molecule has 1 aliphatic rings. The first-order valence-corrected chi connectivity index (χ1v) is 8.02. The van der Waals surface area contributed by atoms with Gasteiger partial charge < -0.3 is 15.0 Å². The van der Waals surface area contributed by atoms with E-state index in [1.165, 1.54) is 19.3 Å². The van der Waals surface area contributed by atoms with Crippen LogP contribution in [0, 0.1) is 11.8 Å². The van der Waals surface area contributed by atoms with Gasteiger partial charge in [-0.25, -0.2) is 0 Å². The molecular formula is C16H34N2O. The Morgan fingerprint density at radius 1 is 1.32 bits per heavy atom. The lowest BCUT2D eigenvalue weighted by Gasteiger charge is -2.43. The van der Waals surface area contributed by atoms with Crippen molar-refractivity contribution in [3.8, 4) is 0 Å². The number of methoxy groups -OCH3 is 1. The summed E-state index contributed by atoms with van der Waals surface area (Å²) in [6.07, 6.45) is 5.20. The van der Waals surface area contributed by atoms with Gasteiger partial charge in [0.1, 0.15) is 0 Å². The number of hydrogen-bond acceptors (Lipinski definition) is 3. The summed E-state index contributed by atoms with van der Waals surface area (Å²) in [4.78, 5) is 2.56. The topological polar surface area (TPSA) is 24.5 Å². The van der Waals surface area contributed by atoms with Crippen molar-refractivity contribution in [2.45, 2.75) is 58.5 Å². The highest BCUT2D eigenvalue weighted by atomic mass is 16.5. The molecule has 1 N–H and O–H groups in total. The molecule has 114 valence electrons. The molecule has 0 amide bonds. The van der Waals surface area contributed by atoms with Crippen LogP contribution in [0.5, 0.6) is 0 Å². The van der Waals surface area contributed by atoms with Crippen LogP contribution in [-0.2, 0) is 4.74 Å². The molecule has 1 rings (SSSR count). The van der Waals surface area contributed by atoms with Gasteiger partial charge in [0.25, 0.3) is 0 Å². The van der Waals surface area contributed by atoms with Crippen LogP contribution in [0.15, 0.2) is 0 Å². The molecule has 1 fully saturated rings. The van der Waals surface area contributed by atoms with E-state index in [1.54, 1.807) is 7.11 Å². The fourth-order valence-corrected chi connectivity index (χ4v) is 3.40. The van der Waals surface area contributed by atoms with Gasteiger partial charge in [-0.05, 0) is 51.1 Å². The third-order valence-electron chi connectivity index (χ3n) is 4.69. The van der Waals surface area contributed by atoms with Crippen molar-refractivity contribution < 1.29 is 4.74 Å². The minimum absolute atomic E-state index is 0.674. The molecule has 3 nitrogen and oxygen atoms in total. The van der Waals surface area contributed by atoms with E-state index < -0.39 is 0 Å². The van der Waals surface area contributed by atoms with Crippen molar-refractivity contribution in [3.05, 3.63) is 0 Å². The zero-order valence-corrected chi connectivity index (χ0v) is 13.6. The van der Waals surface area contributed by atoms with Crippen LogP contribution in [0.4, 0.5) is 0 Å². The van der Waals surface area contributed by atoms with Crippen LogP contribution in [0.25, 0.3) is 0 Å². The summed E-state index contributed by atoms with van der Waals surface area (Å²) in [5, 5.41) is 3.69. The predicted octanol–water partition coefficient (Wildman–Crippen LogP) is 2.76. The molecule has 0 radical (unpaired) electrons. The lowest BCUT2D eigenvalue weighted by molar-refractivity contribution is 0.0931. The molecule has 1 saturated carbocycles. The van der Waals surface area contributed by atoms with Crippen molar-refractivity contribution in [2.75, 3.05) is 33.9 Å². The number of nitrogens with zero attached hydrogens (tertiary/aromatic N) is 1. The summed E-state index contributed by atoms with van der Waals surface area (Å²) in [5.74, 6) is 1.71. The number of rotatable bonds is 8. The van der Waals surface area contributed by atoms with Crippen LogP contribution in [0.3, 0.4) is 0 Å². The predicted molar refractivity (Wildman–Crippen MR) is 82.6 cm³/mol. The van der Waals surface area contributed by atoms with Gasteiger partial charge in [-0.15, -0.1) is 0 Å². The largest absolute Gasteiger partial charge is 0.385 e. The highest BCUT2D eigenvalue weighted by molar-refractivity contribution is 4.91. The lowest BCUT2D eigenvalue weighted by atomic mass is 9.76. The Bertz CT molecular complexity index is 233. The molecule has 3 atom stereocenters. The van der Waals surface area contributed by atoms with E-state index in [0.717, 1.165) is 38.0 Å². The van der Waals surface area contributed by atoms with Gasteiger partial charge in [0, 0.05) is 32.3 Å². The molecule has 3 unspecified atom stereocenters. The van der Waals surface area contributed by atoms with Gasteiger partial charge in [0.2, 0.25) is 0 Å².